The van der Waals surface area contributed by atoms with Gasteiger partial charge in [0.15, 0.2) is 0 Å². The Morgan fingerprint density at radius 2 is 1.65 bits per heavy atom. The molecule has 0 fully saturated rings. The van der Waals surface area contributed by atoms with E-state index in [1.165, 1.54) is 0 Å². The van der Waals surface area contributed by atoms with Gasteiger partial charge in [-0.15, -0.1) is 0 Å². The molecule has 0 spiro atoms. The molecule has 0 bridgehead atoms. The molecule has 0 N–H and O–H groups in total. The molecule has 100 valence electrons. The summed E-state index contributed by atoms with van der Waals surface area (Å²) in [5.41, 5.74) is 2.02. The largest absolute Gasteiger partial charge is 0.458 e. The summed E-state index contributed by atoms with van der Waals surface area (Å²) >= 11 is 0. The summed E-state index contributed by atoms with van der Waals surface area (Å²) < 4.78 is 5.11. The van der Waals surface area contributed by atoms with E-state index in [9.17, 15) is 9.59 Å². The summed E-state index contributed by atoms with van der Waals surface area (Å²) in [5, 5.41) is 0. The van der Waals surface area contributed by atoms with Crippen molar-refractivity contribution in [2.45, 2.75) is 0 Å². The molecule has 0 unspecified atom stereocenters. The number of hydrogen-bond acceptors (Lipinski definition) is 3. The molecule has 0 saturated heterocycles. The third kappa shape index (κ3) is 3.92. The second-order valence-corrected chi connectivity index (χ2v) is 4.15. The van der Waals surface area contributed by atoms with Crippen LogP contribution in [0.15, 0.2) is 60.7 Å². The Labute approximate surface area is 117 Å². The van der Waals surface area contributed by atoms with Crippen LogP contribution in [-0.4, -0.2) is 18.9 Å². The monoisotopic (exact) mass is 266 g/mol. The smallest absolute Gasteiger partial charge is 0.338 e. The third-order valence-electron chi connectivity index (χ3n) is 2.70. The number of esters is 1. The molecule has 0 aliphatic carbocycles. The Morgan fingerprint density at radius 3 is 2.30 bits per heavy atom. The van der Waals surface area contributed by atoms with Crippen LogP contribution < -0.4 is 0 Å². The molecule has 2 aromatic rings. The third-order valence-corrected chi connectivity index (χ3v) is 2.70. The second kappa shape index (κ2) is 7.04. The first-order chi connectivity index (χ1) is 9.79. The number of rotatable bonds is 5. The minimum atomic E-state index is -0.403. The fraction of sp³-hybridized carbons (Fsp3) is 0.0588. The van der Waals surface area contributed by atoms with Gasteiger partial charge in [0.25, 0.3) is 0 Å². The highest BCUT2D eigenvalue weighted by molar-refractivity contribution is 5.90. The molecule has 2 rings (SSSR count). The lowest BCUT2D eigenvalue weighted by Crippen LogP contribution is -2.05. The molecule has 0 heterocycles. The molecular weight excluding hydrogens is 252 g/mol. The number of ether oxygens (including phenoxy) is 1. The maximum absolute atomic E-state index is 11.7. The zero-order valence-electron chi connectivity index (χ0n) is 10.9. The first-order valence-corrected chi connectivity index (χ1v) is 6.23. The number of carbonyl (C=O) groups excluding carboxylic acids is 2. The molecule has 0 atom stereocenters. The standard InChI is InChI=1S/C17H14O3/c18-13-15-8-10-16(11-9-15)17(19)20-12-4-7-14-5-2-1-3-6-14/h1-11,13H,12H2. The average Bonchev–Trinajstić information content (AvgIpc) is 2.52. The van der Waals surface area contributed by atoms with Crippen LogP contribution in [0.25, 0.3) is 6.08 Å². The van der Waals surface area contributed by atoms with E-state index in [4.69, 9.17) is 4.74 Å². The van der Waals surface area contributed by atoms with Crippen LogP contribution in [0.5, 0.6) is 0 Å². The molecule has 2 aromatic carbocycles. The van der Waals surface area contributed by atoms with Gasteiger partial charge in [0, 0.05) is 5.56 Å². The van der Waals surface area contributed by atoms with E-state index >= 15 is 0 Å². The lowest BCUT2D eigenvalue weighted by atomic mass is 10.1. The molecule has 3 nitrogen and oxygen atoms in total. The first-order valence-electron chi connectivity index (χ1n) is 6.23. The van der Waals surface area contributed by atoms with E-state index in [0.29, 0.717) is 11.1 Å². The van der Waals surface area contributed by atoms with E-state index < -0.39 is 5.97 Å². The van der Waals surface area contributed by atoms with Crippen LogP contribution in [0.1, 0.15) is 26.3 Å². The van der Waals surface area contributed by atoms with E-state index in [1.54, 1.807) is 30.3 Å². The predicted molar refractivity (Wildman–Crippen MR) is 77.6 cm³/mol. The van der Waals surface area contributed by atoms with Gasteiger partial charge in [0.1, 0.15) is 12.9 Å². The van der Waals surface area contributed by atoms with Gasteiger partial charge in [0.2, 0.25) is 0 Å². The molecule has 0 aromatic heterocycles. The minimum Gasteiger partial charge on any atom is -0.458 e. The van der Waals surface area contributed by atoms with Crippen LogP contribution in [0.4, 0.5) is 0 Å². The van der Waals surface area contributed by atoms with E-state index in [1.807, 2.05) is 36.4 Å². The Bertz CT molecular complexity index is 598. The van der Waals surface area contributed by atoms with Crippen LogP contribution in [-0.2, 0) is 4.74 Å². The Kier molecular flexibility index (Phi) is 4.84. The fourth-order valence-electron chi connectivity index (χ4n) is 1.65. The van der Waals surface area contributed by atoms with Crippen molar-refractivity contribution in [3.05, 3.63) is 77.4 Å². The number of aldehydes is 1. The van der Waals surface area contributed by atoms with E-state index in [2.05, 4.69) is 0 Å². The fourth-order valence-corrected chi connectivity index (χ4v) is 1.65. The molecule has 0 aliphatic heterocycles. The molecule has 0 radical (unpaired) electrons. The van der Waals surface area contributed by atoms with Gasteiger partial charge in [-0.05, 0) is 23.8 Å². The Balaban J connectivity index is 1.85. The summed E-state index contributed by atoms with van der Waals surface area (Å²) in [6.07, 6.45) is 4.41. The van der Waals surface area contributed by atoms with Crippen molar-refractivity contribution < 1.29 is 14.3 Å². The SMILES string of the molecule is O=Cc1ccc(C(=O)OCC=Cc2ccccc2)cc1. The van der Waals surface area contributed by atoms with Crippen molar-refractivity contribution in [1.82, 2.24) is 0 Å². The van der Waals surface area contributed by atoms with Gasteiger partial charge in [-0.3, -0.25) is 4.79 Å². The molecule has 0 saturated carbocycles. The van der Waals surface area contributed by atoms with Crippen molar-refractivity contribution in [1.29, 1.82) is 0 Å². The Hall–Kier alpha value is -2.68. The average molecular weight is 266 g/mol. The summed E-state index contributed by atoms with van der Waals surface area (Å²) in [4.78, 5) is 22.2. The van der Waals surface area contributed by atoms with Crippen molar-refractivity contribution in [3.8, 4) is 0 Å². The van der Waals surface area contributed by atoms with Crippen molar-refractivity contribution in [2.24, 2.45) is 0 Å². The quantitative estimate of drug-likeness (QED) is 0.615. The zero-order chi connectivity index (χ0) is 14.2. The van der Waals surface area contributed by atoms with Gasteiger partial charge in [-0.25, -0.2) is 4.79 Å². The molecule has 20 heavy (non-hydrogen) atoms. The summed E-state index contributed by atoms with van der Waals surface area (Å²) in [7, 11) is 0. The first kappa shape index (κ1) is 13.7. The normalized spacial score (nSPS) is 10.4. The highest BCUT2D eigenvalue weighted by atomic mass is 16.5. The van der Waals surface area contributed by atoms with Gasteiger partial charge >= 0.3 is 5.97 Å². The number of benzene rings is 2. The number of carbonyl (C=O) groups is 2. The van der Waals surface area contributed by atoms with Gasteiger partial charge in [0.05, 0.1) is 5.56 Å². The van der Waals surface area contributed by atoms with Crippen LogP contribution >= 0.6 is 0 Å². The van der Waals surface area contributed by atoms with Crippen LogP contribution in [0.3, 0.4) is 0 Å². The van der Waals surface area contributed by atoms with Crippen molar-refractivity contribution >= 4 is 18.3 Å². The Morgan fingerprint density at radius 1 is 0.950 bits per heavy atom. The maximum atomic E-state index is 11.7. The van der Waals surface area contributed by atoms with Crippen molar-refractivity contribution in [2.75, 3.05) is 6.61 Å². The molecule has 0 amide bonds. The maximum Gasteiger partial charge on any atom is 0.338 e. The highest BCUT2D eigenvalue weighted by Gasteiger charge is 2.05. The summed E-state index contributed by atoms with van der Waals surface area (Å²) in [5.74, 6) is -0.403. The van der Waals surface area contributed by atoms with E-state index in [-0.39, 0.29) is 6.61 Å². The van der Waals surface area contributed by atoms with Crippen LogP contribution in [0, 0.1) is 0 Å². The predicted octanol–water partition coefficient (Wildman–Crippen LogP) is 3.37. The summed E-state index contributed by atoms with van der Waals surface area (Å²) in [6.45, 7) is 0.211. The topological polar surface area (TPSA) is 43.4 Å². The zero-order valence-corrected chi connectivity index (χ0v) is 10.9. The second-order valence-electron chi connectivity index (χ2n) is 4.15. The molecule has 3 heteroatoms. The van der Waals surface area contributed by atoms with Gasteiger partial charge in [-0.1, -0.05) is 48.5 Å². The lowest BCUT2D eigenvalue weighted by Gasteiger charge is -2.01. The van der Waals surface area contributed by atoms with Crippen molar-refractivity contribution in [3.63, 3.8) is 0 Å². The van der Waals surface area contributed by atoms with Crippen LogP contribution in [0.2, 0.25) is 0 Å². The summed E-state index contributed by atoms with van der Waals surface area (Å²) in [6, 6.07) is 16.1. The molecule has 0 aliphatic rings. The number of hydrogen-bond donors (Lipinski definition) is 0. The highest BCUT2D eigenvalue weighted by Crippen LogP contribution is 2.05. The molecular formula is C17H14O3. The van der Waals surface area contributed by atoms with Gasteiger partial charge < -0.3 is 4.74 Å². The lowest BCUT2D eigenvalue weighted by molar-refractivity contribution is 0.0550. The van der Waals surface area contributed by atoms with E-state index in [0.717, 1.165) is 11.8 Å². The minimum absolute atomic E-state index is 0.211. The van der Waals surface area contributed by atoms with Gasteiger partial charge in [-0.2, -0.15) is 0 Å².